The summed E-state index contributed by atoms with van der Waals surface area (Å²) in [6, 6.07) is 1.35. The first-order valence-corrected chi connectivity index (χ1v) is 5.43. The van der Waals surface area contributed by atoms with E-state index in [0.29, 0.717) is 0 Å². The first-order valence-electron chi connectivity index (χ1n) is 3.62. The van der Waals surface area contributed by atoms with E-state index in [2.05, 4.69) is 6.92 Å². The molecule has 0 rings (SSSR count). The summed E-state index contributed by atoms with van der Waals surface area (Å²) in [5.74, 6) is 0. The predicted octanol–water partition coefficient (Wildman–Crippen LogP) is 1.03. The van der Waals surface area contributed by atoms with Gasteiger partial charge >= 0.3 is 0 Å². The van der Waals surface area contributed by atoms with Gasteiger partial charge in [-0.3, -0.25) is 0 Å². The summed E-state index contributed by atoms with van der Waals surface area (Å²) in [7, 11) is -0.114. The molecule has 2 heteroatoms. The van der Waals surface area contributed by atoms with Crippen LogP contribution < -0.4 is 5.40 Å². The van der Waals surface area contributed by atoms with Gasteiger partial charge < -0.3 is 5.40 Å². The van der Waals surface area contributed by atoms with E-state index in [1.807, 2.05) is 0 Å². The van der Waals surface area contributed by atoms with Crippen molar-refractivity contribution in [3.05, 3.63) is 0 Å². The lowest BCUT2D eigenvalue weighted by Gasteiger charge is -1.93. The molecular formula is C6H17NSi. The van der Waals surface area contributed by atoms with E-state index >= 15 is 0 Å². The summed E-state index contributed by atoms with van der Waals surface area (Å²) in [5, 5.41) is 5.45. The molecule has 0 aliphatic rings. The number of rotatable bonds is 5. The van der Waals surface area contributed by atoms with Crippen molar-refractivity contribution in [1.29, 1.82) is 0 Å². The van der Waals surface area contributed by atoms with Gasteiger partial charge in [0.15, 0.2) is 0 Å². The van der Waals surface area contributed by atoms with Crippen LogP contribution in [0.2, 0.25) is 6.04 Å². The molecule has 0 bridgehead atoms. The van der Waals surface area contributed by atoms with Crippen LogP contribution in [-0.4, -0.2) is 9.68 Å². The maximum atomic E-state index is 5.45. The summed E-state index contributed by atoms with van der Waals surface area (Å²) >= 11 is 0. The SMILES string of the molecule is CCCCCC[SiH2]N. The van der Waals surface area contributed by atoms with Gasteiger partial charge in [0.2, 0.25) is 0 Å². The molecule has 0 saturated heterocycles. The second kappa shape index (κ2) is 7.18. The fourth-order valence-corrected chi connectivity index (χ4v) is 1.39. The molecule has 8 heavy (non-hydrogen) atoms. The summed E-state index contributed by atoms with van der Waals surface area (Å²) in [6.07, 6.45) is 5.53. The predicted molar refractivity (Wildman–Crippen MR) is 41.7 cm³/mol. The van der Waals surface area contributed by atoms with Crippen molar-refractivity contribution in [2.45, 2.75) is 38.7 Å². The van der Waals surface area contributed by atoms with Gasteiger partial charge in [-0.05, 0) is 0 Å². The zero-order chi connectivity index (χ0) is 6.24. The molecule has 0 fully saturated rings. The highest BCUT2D eigenvalue weighted by Crippen LogP contribution is 2.00. The molecule has 0 aliphatic heterocycles. The molecule has 0 aliphatic carbocycles. The summed E-state index contributed by atoms with van der Waals surface area (Å²) in [5.41, 5.74) is 0. The van der Waals surface area contributed by atoms with Crippen molar-refractivity contribution in [1.82, 2.24) is 0 Å². The average Bonchev–Trinajstić information content (AvgIpc) is 1.81. The second-order valence-electron chi connectivity index (χ2n) is 2.20. The van der Waals surface area contributed by atoms with Crippen molar-refractivity contribution in [2.75, 3.05) is 0 Å². The Morgan fingerprint density at radius 1 is 1.25 bits per heavy atom. The van der Waals surface area contributed by atoms with Crippen LogP contribution in [0.4, 0.5) is 0 Å². The van der Waals surface area contributed by atoms with Gasteiger partial charge in [0.05, 0.1) is 9.68 Å². The van der Waals surface area contributed by atoms with Gasteiger partial charge in [0.1, 0.15) is 0 Å². The Morgan fingerprint density at radius 3 is 2.50 bits per heavy atom. The van der Waals surface area contributed by atoms with E-state index in [4.69, 9.17) is 5.40 Å². The molecule has 0 atom stereocenters. The highest BCUT2D eigenvalue weighted by atomic mass is 28.2. The maximum Gasteiger partial charge on any atom is 0.0887 e. The molecule has 0 aromatic rings. The van der Waals surface area contributed by atoms with E-state index < -0.39 is 0 Å². The standard InChI is InChI=1S/C6H17NSi/c1-2-3-4-5-6-8-7/h2-8H2,1H3. The minimum Gasteiger partial charge on any atom is -0.356 e. The quantitative estimate of drug-likeness (QED) is 0.438. The Hall–Kier alpha value is 0.177. The van der Waals surface area contributed by atoms with Gasteiger partial charge in [-0.1, -0.05) is 38.7 Å². The fraction of sp³-hybridized carbons (Fsp3) is 1.00. The molecule has 0 amide bonds. The molecule has 0 unspecified atom stereocenters. The number of unbranched alkanes of at least 4 members (excludes halogenated alkanes) is 3. The van der Waals surface area contributed by atoms with E-state index in [1.54, 1.807) is 0 Å². The maximum absolute atomic E-state index is 5.45. The number of nitrogens with two attached hydrogens (primary N) is 1. The average molecular weight is 131 g/mol. The van der Waals surface area contributed by atoms with Crippen LogP contribution in [0.5, 0.6) is 0 Å². The minimum atomic E-state index is -0.114. The molecule has 0 heterocycles. The van der Waals surface area contributed by atoms with Crippen LogP contribution in [-0.2, 0) is 0 Å². The van der Waals surface area contributed by atoms with Crippen molar-refractivity contribution >= 4 is 9.68 Å². The van der Waals surface area contributed by atoms with Crippen LogP contribution in [0.3, 0.4) is 0 Å². The normalized spacial score (nSPS) is 11.2. The van der Waals surface area contributed by atoms with Gasteiger partial charge in [-0.2, -0.15) is 0 Å². The van der Waals surface area contributed by atoms with Crippen LogP contribution in [0.15, 0.2) is 0 Å². The highest BCUT2D eigenvalue weighted by Gasteiger charge is 1.84. The third-order valence-corrected chi connectivity index (χ3v) is 2.22. The summed E-state index contributed by atoms with van der Waals surface area (Å²) in [6.45, 7) is 2.24. The summed E-state index contributed by atoms with van der Waals surface area (Å²) < 4.78 is 0. The van der Waals surface area contributed by atoms with Gasteiger partial charge in [-0.25, -0.2) is 0 Å². The molecule has 2 N–H and O–H groups in total. The summed E-state index contributed by atoms with van der Waals surface area (Å²) in [4.78, 5) is 0. The lowest BCUT2D eigenvalue weighted by atomic mass is 10.2. The van der Waals surface area contributed by atoms with E-state index in [1.165, 1.54) is 31.7 Å². The Bertz CT molecular complexity index is 33.5. The largest absolute Gasteiger partial charge is 0.356 e. The van der Waals surface area contributed by atoms with Crippen molar-refractivity contribution in [2.24, 2.45) is 5.40 Å². The lowest BCUT2D eigenvalue weighted by molar-refractivity contribution is 0.700. The molecule has 0 aromatic heterocycles. The number of hydrogen-bond acceptors (Lipinski definition) is 1. The van der Waals surface area contributed by atoms with Gasteiger partial charge in [-0.15, -0.1) is 0 Å². The van der Waals surface area contributed by atoms with E-state index in [-0.39, 0.29) is 9.68 Å². The Balaban J connectivity index is 2.53. The van der Waals surface area contributed by atoms with Crippen molar-refractivity contribution in [3.8, 4) is 0 Å². The minimum absolute atomic E-state index is 0.114. The Morgan fingerprint density at radius 2 is 2.00 bits per heavy atom. The molecule has 0 aromatic carbocycles. The molecule has 0 spiro atoms. The second-order valence-corrected chi connectivity index (χ2v) is 3.49. The van der Waals surface area contributed by atoms with Crippen molar-refractivity contribution < 1.29 is 0 Å². The molecule has 1 nitrogen and oxygen atoms in total. The van der Waals surface area contributed by atoms with Crippen molar-refractivity contribution in [3.63, 3.8) is 0 Å². The number of hydrogen-bond donors (Lipinski definition) is 1. The van der Waals surface area contributed by atoms with Gasteiger partial charge in [0, 0.05) is 0 Å². The third-order valence-electron chi connectivity index (χ3n) is 1.31. The molecular weight excluding hydrogens is 114 g/mol. The lowest BCUT2D eigenvalue weighted by Crippen LogP contribution is -2.02. The first kappa shape index (κ1) is 8.18. The van der Waals surface area contributed by atoms with Crippen LogP contribution in [0.25, 0.3) is 0 Å². The fourth-order valence-electron chi connectivity index (χ4n) is 0.748. The molecule has 0 radical (unpaired) electrons. The highest BCUT2D eigenvalue weighted by molar-refractivity contribution is 6.30. The first-order chi connectivity index (χ1) is 3.91. The van der Waals surface area contributed by atoms with E-state index in [0.717, 1.165) is 0 Å². The zero-order valence-electron chi connectivity index (χ0n) is 5.82. The van der Waals surface area contributed by atoms with Gasteiger partial charge in [0.25, 0.3) is 0 Å². The Labute approximate surface area is 54.6 Å². The molecule has 0 saturated carbocycles. The van der Waals surface area contributed by atoms with Crippen LogP contribution >= 0.6 is 0 Å². The van der Waals surface area contributed by atoms with E-state index in [9.17, 15) is 0 Å². The van der Waals surface area contributed by atoms with Crippen LogP contribution in [0, 0.1) is 0 Å². The zero-order valence-corrected chi connectivity index (χ0v) is 7.23. The third kappa shape index (κ3) is 6.18. The van der Waals surface area contributed by atoms with Crippen LogP contribution in [0.1, 0.15) is 32.6 Å². The topological polar surface area (TPSA) is 26.0 Å². The Kier molecular flexibility index (Phi) is 7.34. The smallest absolute Gasteiger partial charge is 0.0887 e. The monoisotopic (exact) mass is 131 g/mol. The molecule has 50 valence electrons.